The van der Waals surface area contributed by atoms with Gasteiger partial charge in [0.05, 0.1) is 4.90 Å². The van der Waals surface area contributed by atoms with Crippen molar-refractivity contribution >= 4 is 15.9 Å². The van der Waals surface area contributed by atoms with Crippen molar-refractivity contribution in [2.75, 3.05) is 46.1 Å². The molecular formula is C28H31N3O6S. The second kappa shape index (κ2) is 11.8. The zero-order valence-electron chi connectivity index (χ0n) is 21.0. The standard InChI is InChI=1S/C28H31N3O6S/c32-28(31-16-14-30(15-17-31)19-23-6-11-26-27(18-23)37-21-36-26)20-35-24-7-9-25(10-8-24)38(33,34)29-13-12-22-4-2-1-3-5-22/h1-11,18,29H,12-17,19-21H2. The number of carbonyl (C=O) groups is 1. The SMILES string of the molecule is O=C(COc1ccc(S(=O)(=O)NCCc2ccccc2)cc1)N1CCN(Cc2ccc3c(c2)OCO3)CC1. The Kier molecular flexibility index (Phi) is 8.11. The largest absolute Gasteiger partial charge is 0.484 e. The number of benzene rings is 3. The third-order valence-electron chi connectivity index (χ3n) is 6.61. The lowest BCUT2D eigenvalue weighted by molar-refractivity contribution is -0.135. The maximum Gasteiger partial charge on any atom is 0.260 e. The van der Waals surface area contributed by atoms with Gasteiger partial charge in [0.2, 0.25) is 16.8 Å². The van der Waals surface area contributed by atoms with Crippen molar-refractivity contribution in [2.24, 2.45) is 0 Å². The van der Waals surface area contributed by atoms with E-state index in [2.05, 4.69) is 9.62 Å². The summed E-state index contributed by atoms with van der Waals surface area (Å²) in [6.07, 6.45) is 0.607. The monoisotopic (exact) mass is 537 g/mol. The molecule has 0 aromatic heterocycles. The maximum absolute atomic E-state index is 12.7. The Hall–Kier alpha value is -3.60. The van der Waals surface area contributed by atoms with Gasteiger partial charge in [0.25, 0.3) is 5.91 Å². The first-order valence-electron chi connectivity index (χ1n) is 12.6. The van der Waals surface area contributed by atoms with Gasteiger partial charge in [-0.1, -0.05) is 36.4 Å². The number of carbonyl (C=O) groups excluding carboxylic acids is 1. The molecule has 2 aliphatic heterocycles. The smallest absolute Gasteiger partial charge is 0.260 e. The normalized spacial score (nSPS) is 15.4. The van der Waals surface area contributed by atoms with Gasteiger partial charge in [-0.05, 0) is 53.9 Å². The van der Waals surface area contributed by atoms with Gasteiger partial charge in [0, 0.05) is 39.3 Å². The van der Waals surface area contributed by atoms with E-state index in [4.69, 9.17) is 14.2 Å². The van der Waals surface area contributed by atoms with Gasteiger partial charge in [0.15, 0.2) is 18.1 Å². The van der Waals surface area contributed by atoms with Crippen molar-refractivity contribution in [3.63, 3.8) is 0 Å². The summed E-state index contributed by atoms with van der Waals surface area (Å²) in [5, 5.41) is 0. The molecule has 200 valence electrons. The predicted octanol–water partition coefficient (Wildman–Crippen LogP) is 2.66. The highest BCUT2D eigenvalue weighted by molar-refractivity contribution is 7.89. The van der Waals surface area contributed by atoms with Crippen LogP contribution >= 0.6 is 0 Å². The minimum absolute atomic E-state index is 0.0907. The van der Waals surface area contributed by atoms with Crippen LogP contribution in [0.25, 0.3) is 0 Å². The van der Waals surface area contributed by atoms with Crippen LogP contribution in [0.5, 0.6) is 17.2 Å². The molecule has 2 heterocycles. The second-order valence-electron chi connectivity index (χ2n) is 9.24. The number of hydrogen-bond donors (Lipinski definition) is 1. The summed E-state index contributed by atoms with van der Waals surface area (Å²) >= 11 is 0. The number of piperazine rings is 1. The summed E-state index contributed by atoms with van der Waals surface area (Å²) in [5.41, 5.74) is 2.21. The lowest BCUT2D eigenvalue weighted by Gasteiger charge is -2.34. The molecule has 0 aliphatic carbocycles. The van der Waals surface area contributed by atoms with E-state index in [-0.39, 0.29) is 24.2 Å². The van der Waals surface area contributed by atoms with Gasteiger partial charge in [-0.2, -0.15) is 0 Å². The van der Waals surface area contributed by atoms with Crippen molar-refractivity contribution < 1.29 is 27.4 Å². The number of sulfonamides is 1. The number of hydrogen-bond acceptors (Lipinski definition) is 7. The molecule has 38 heavy (non-hydrogen) atoms. The Labute approximate surface area is 223 Å². The van der Waals surface area contributed by atoms with E-state index in [0.29, 0.717) is 31.8 Å². The van der Waals surface area contributed by atoms with Crippen LogP contribution in [-0.4, -0.2) is 70.2 Å². The topological polar surface area (TPSA) is 97.4 Å². The molecule has 0 atom stereocenters. The van der Waals surface area contributed by atoms with Crippen LogP contribution in [0.4, 0.5) is 0 Å². The Morgan fingerprint density at radius 2 is 1.61 bits per heavy atom. The van der Waals surface area contributed by atoms with Gasteiger partial charge in [-0.3, -0.25) is 9.69 Å². The minimum atomic E-state index is -3.63. The first-order chi connectivity index (χ1) is 18.5. The Morgan fingerprint density at radius 3 is 2.37 bits per heavy atom. The fourth-order valence-electron chi connectivity index (χ4n) is 4.46. The van der Waals surface area contributed by atoms with Crippen LogP contribution in [0.15, 0.2) is 77.7 Å². The van der Waals surface area contributed by atoms with Crippen LogP contribution in [0.3, 0.4) is 0 Å². The average Bonchev–Trinajstić information content (AvgIpc) is 3.41. The van der Waals surface area contributed by atoms with E-state index in [0.717, 1.165) is 42.3 Å². The summed E-state index contributed by atoms with van der Waals surface area (Å²) in [6.45, 7) is 4.04. The van der Waals surface area contributed by atoms with Crippen LogP contribution in [0, 0.1) is 0 Å². The first kappa shape index (κ1) is 26.0. The Balaban J connectivity index is 1.04. The molecule has 9 nitrogen and oxygen atoms in total. The molecule has 0 spiro atoms. The third kappa shape index (κ3) is 6.63. The fraction of sp³-hybridized carbons (Fsp3) is 0.321. The lowest BCUT2D eigenvalue weighted by Crippen LogP contribution is -2.49. The quantitative estimate of drug-likeness (QED) is 0.425. The summed E-state index contributed by atoms with van der Waals surface area (Å²) in [5.74, 6) is 1.91. The molecule has 2 aliphatic rings. The van der Waals surface area contributed by atoms with Crippen molar-refractivity contribution in [1.82, 2.24) is 14.5 Å². The average molecular weight is 538 g/mol. The van der Waals surface area contributed by atoms with Crippen LogP contribution in [0.2, 0.25) is 0 Å². The second-order valence-corrected chi connectivity index (χ2v) is 11.0. The molecule has 0 unspecified atom stereocenters. The number of ether oxygens (including phenoxy) is 3. The number of amides is 1. The van der Waals surface area contributed by atoms with E-state index in [9.17, 15) is 13.2 Å². The predicted molar refractivity (Wildman–Crippen MR) is 142 cm³/mol. The van der Waals surface area contributed by atoms with E-state index in [1.165, 1.54) is 12.1 Å². The van der Waals surface area contributed by atoms with Gasteiger partial charge in [-0.15, -0.1) is 0 Å². The third-order valence-corrected chi connectivity index (χ3v) is 8.09. The van der Waals surface area contributed by atoms with Crippen LogP contribution in [0.1, 0.15) is 11.1 Å². The van der Waals surface area contributed by atoms with Gasteiger partial charge < -0.3 is 19.1 Å². The van der Waals surface area contributed by atoms with Crippen LogP contribution < -0.4 is 18.9 Å². The first-order valence-corrected chi connectivity index (χ1v) is 14.1. The van der Waals surface area contributed by atoms with Crippen molar-refractivity contribution in [3.05, 3.63) is 83.9 Å². The summed E-state index contributed by atoms with van der Waals surface area (Å²) < 4.78 is 44.2. The summed E-state index contributed by atoms with van der Waals surface area (Å²) in [4.78, 5) is 16.9. The molecule has 1 N–H and O–H groups in total. The molecule has 0 saturated carbocycles. The van der Waals surface area contributed by atoms with E-state index >= 15 is 0 Å². The highest BCUT2D eigenvalue weighted by Crippen LogP contribution is 2.32. The van der Waals surface area contributed by atoms with Gasteiger partial charge in [0.1, 0.15) is 5.75 Å². The Morgan fingerprint density at radius 1 is 0.868 bits per heavy atom. The van der Waals surface area contributed by atoms with E-state index in [1.54, 1.807) is 17.0 Å². The van der Waals surface area contributed by atoms with E-state index < -0.39 is 10.0 Å². The summed E-state index contributed by atoms with van der Waals surface area (Å²) in [7, 11) is -3.63. The number of rotatable bonds is 10. The Bertz CT molecular complexity index is 1340. The lowest BCUT2D eigenvalue weighted by atomic mass is 10.1. The zero-order chi connectivity index (χ0) is 26.4. The highest BCUT2D eigenvalue weighted by atomic mass is 32.2. The highest BCUT2D eigenvalue weighted by Gasteiger charge is 2.22. The number of fused-ring (bicyclic) bond motifs is 1. The molecular weight excluding hydrogens is 506 g/mol. The molecule has 0 bridgehead atoms. The molecule has 0 radical (unpaired) electrons. The van der Waals surface area contributed by atoms with Crippen molar-refractivity contribution in [2.45, 2.75) is 17.9 Å². The van der Waals surface area contributed by atoms with Gasteiger partial charge in [-0.25, -0.2) is 13.1 Å². The molecule has 1 fully saturated rings. The molecule has 1 saturated heterocycles. The molecule has 5 rings (SSSR count). The van der Waals surface area contributed by atoms with Gasteiger partial charge >= 0.3 is 0 Å². The molecule has 10 heteroatoms. The maximum atomic E-state index is 12.7. The molecule has 3 aromatic carbocycles. The zero-order valence-corrected chi connectivity index (χ0v) is 21.9. The molecule has 1 amide bonds. The van der Waals surface area contributed by atoms with Crippen molar-refractivity contribution in [3.8, 4) is 17.2 Å². The summed E-state index contributed by atoms with van der Waals surface area (Å²) in [6, 6.07) is 21.8. The van der Waals surface area contributed by atoms with Crippen LogP contribution in [-0.2, 0) is 27.8 Å². The number of nitrogens with zero attached hydrogens (tertiary/aromatic N) is 2. The number of nitrogens with one attached hydrogen (secondary N) is 1. The fourth-order valence-corrected chi connectivity index (χ4v) is 5.49. The molecule has 3 aromatic rings. The minimum Gasteiger partial charge on any atom is -0.484 e. The van der Waals surface area contributed by atoms with Crippen molar-refractivity contribution in [1.29, 1.82) is 0 Å². The van der Waals surface area contributed by atoms with E-state index in [1.807, 2.05) is 48.5 Å².